The Morgan fingerprint density at radius 1 is 1.33 bits per heavy atom. The summed E-state index contributed by atoms with van der Waals surface area (Å²) >= 11 is 0. The lowest BCUT2D eigenvalue weighted by molar-refractivity contribution is 0.0695. The van der Waals surface area contributed by atoms with Crippen molar-refractivity contribution >= 4 is 16.9 Å². The highest BCUT2D eigenvalue weighted by molar-refractivity contribution is 5.89. The number of carboxylic acid groups (broad SMARTS) is 1. The maximum atomic E-state index is 13.7. The first-order valence-electron chi connectivity index (χ1n) is 7.93. The number of aromatic nitrogens is 3. The molecular formula is C18H16FN3O2. The van der Waals surface area contributed by atoms with Gasteiger partial charge in [0.2, 0.25) is 0 Å². The number of fused-ring (bicyclic) bond motifs is 1. The fourth-order valence-corrected chi connectivity index (χ4v) is 2.99. The van der Waals surface area contributed by atoms with Crippen molar-refractivity contribution in [3.8, 4) is 0 Å². The Hall–Kier alpha value is -2.76. The number of carboxylic acids is 1. The molecule has 1 saturated carbocycles. The SMILES string of the molecule is O=C(O)c1ccncc1Cc1nn(CC2CC2)c2ccc(F)cc12. The second kappa shape index (κ2) is 5.70. The molecule has 24 heavy (non-hydrogen) atoms. The van der Waals surface area contributed by atoms with Gasteiger partial charge in [-0.1, -0.05) is 0 Å². The van der Waals surface area contributed by atoms with E-state index in [0.29, 0.717) is 23.6 Å². The van der Waals surface area contributed by atoms with Crippen molar-refractivity contribution in [2.45, 2.75) is 25.8 Å². The van der Waals surface area contributed by atoms with Crippen molar-refractivity contribution in [1.82, 2.24) is 14.8 Å². The lowest BCUT2D eigenvalue weighted by atomic mass is 10.0. The molecule has 0 bridgehead atoms. The Morgan fingerprint density at radius 3 is 2.92 bits per heavy atom. The molecule has 1 N–H and O–H groups in total. The van der Waals surface area contributed by atoms with E-state index in [4.69, 9.17) is 0 Å². The van der Waals surface area contributed by atoms with E-state index < -0.39 is 5.97 Å². The van der Waals surface area contributed by atoms with Crippen LogP contribution in [-0.2, 0) is 13.0 Å². The van der Waals surface area contributed by atoms with Crippen LogP contribution in [0.15, 0.2) is 36.7 Å². The summed E-state index contributed by atoms with van der Waals surface area (Å²) in [5, 5.41) is 14.7. The largest absolute Gasteiger partial charge is 0.478 e. The standard InChI is InChI=1S/C18H16FN3O2/c19-13-3-4-17-15(8-13)16(21-22(17)10-11-1-2-11)7-12-9-20-6-5-14(12)18(23)24/h3-6,8-9,11H,1-2,7,10H2,(H,23,24). The van der Waals surface area contributed by atoms with Crippen molar-refractivity contribution in [3.05, 3.63) is 59.3 Å². The van der Waals surface area contributed by atoms with Gasteiger partial charge in [-0.25, -0.2) is 9.18 Å². The Morgan fingerprint density at radius 2 is 2.17 bits per heavy atom. The van der Waals surface area contributed by atoms with Crippen molar-refractivity contribution in [3.63, 3.8) is 0 Å². The third-order valence-electron chi connectivity index (χ3n) is 4.41. The first-order chi connectivity index (χ1) is 11.6. The third kappa shape index (κ3) is 2.75. The van der Waals surface area contributed by atoms with Crippen molar-refractivity contribution in [2.24, 2.45) is 5.92 Å². The number of nitrogens with zero attached hydrogens (tertiary/aromatic N) is 3. The maximum absolute atomic E-state index is 13.7. The van der Waals surface area contributed by atoms with Crippen LogP contribution in [0, 0.1) is 11.7 Å². The topological polar surface area (TPSA) is 68.0 Å². The van der Waals surface area contributed by atoms with Gasteiger partial charge in [0.25, 0.3) is 0 Å². The highest BCUT2D eigenvalue weighted by atomic mass is 19.1. The van der Waals surface area contributed by atoms with E-state index in [1.54, 1.807) is 6.07 Å². The zero-order chi connectivity index (χ0) is 16.7. The molecule has 1 aliphatic carbocycles. The van der Waals surface area contributed by atoms with E-state index in [-0.39, 0.29) is 11.4 Å². The van der Waals surface area contributed by atoms with Crippen LogP contribution in [0.4, 0.5) is 4.39 Å². The molecule has 0 spiro atoms. The molecule has 0 atom stereocenters. The minimum Gasteiger partial charge on any atom is -0.478 e. The fourth-order valence-electron chi connectivity index (χ4n) is 2.99. The Kier molecular flexibility index (Phi) is 3.52. The molecule has 0 aliphatic heterocycles. The van der Waals surface area contributed by atoms with Crippen LogP contribution in [0.5, 0.6) is 0 Å². The van der Waals surface area contributed by atoms with Crippen LogP contribution in [0.2, 0.25) is 0 Å². The van der Waals surface area contributed by atoms with Crippen LogP contribution < -0.4 is 0 Å². The van der Waals surface area contributed by atoms with Gasteiger partial charge in [0.1, 0.15) is 5.82 Å². The number of carbonyl (C=O) groups is 1. The highest BCUT2D eigenvalue weighted by Gasteiger charge is 2.24. The van der Waals surface area contributed by atoms with Gasteiger partial charge in [0.15, 0.2) is 0 Å². The third-order valence-corrected chi connectivity index (χ3v) is 4.41. The first kappa shape index (κ1) is 14.8. The predicted molar refractivity (Wildman–Crippen MR) is 86.4 cm³/mol. The van der Waals surface area contributed by atoms with Gasteiger partial charge < -0.3 is 5.11 Å². The molecule has 0 saturated heterocycles. The summed E-state index contributed by atoms with van der Waals surface area (Å²) in [6, 6.07) is 6.12. The molecule has 1 aliphatic rings. The van der Waals surface area contributed by atoms with Crippen LogP contribution in [0.25, 0.3) is 10.9 Å². The molecule has 4 rings (SSSR count). The Balaban J connectivity index is 1.78. The number of hydrogen-bond acceptors (Lipinski definition) is 3. The van der Waals surface area contributed by atoms with Gasteiger partial charge in [-0.15, -0.1) is 0 Å². The van der Waals surface area contributed by atoms with Crippen LogP contribution in [0.3, 0.4) is 0 Å². The predicted octanol–water partition coefficient (Wildman–Crippen LogP) is 3.27. The summed E-state index contributed by atoms with van der Waals surface area (Å²) in [4.78, 5) is 15.4. The van der Waals surface area contributed by atoms with Gasteiger partial charge in [-0.05, 0) is 48.6 Å². The van der Waals surface area contributed by atoms with Gasteiger partial charge >= 0.3 is 5.97 Å². The van der Waals surface area contributed by atoms with Crippen LogP contribution in [-0.4, -0.2) is 25.8 Å². The van der Waals surface area contributed by atoms with Crippen molar-refractivity contribution < 1.29 is 14.3 Å². The molecule has 2 aromatic heterocycles. The van der Waals surface area contributed by atoms with E-state index in [2.05, 4.69) is 10.1 Å². The number of halogens is 1. The number of benzene rings is 1. The normalized spacial score (nSPS) is 14.2. The molecule has 0 unspecified atom stereocenters. The molecule has 122 valence electrons. The molecule has 1 fully saturated rings. The number of aromatic carboxylic acids is 1. The molecule has 2 heterocycles. The van der Waals surface area contributed by atoms with Gasteiger partial charge in [0, 0.05) is 30.7 Å². The highest BCUT2D eigenvalue weighted by Crippen LogP contribution is 2.32. The average molecular weight is 325 g/mol. The van der Waals surface area contributed by atoms with Gasteiger partial charge in [-0.2, -0.15) is 5.10 Å². The van der Waals surface area contributed by atoms with E-state index in [0.717, 1.165) is 17.4 Å². The molecular weight excluding hydrogens is 309 g/mol. The molecule has 0 amide bonds. The molecule has 3 aromatic rings. The minimum atomic E-state index is -1.000. The summed E-state index contributed by atoms with van der Waals surface area (Å²) in [6.07, 6.45) is 5.70. The lowest BCUT2D eigenvalue weighted by Crippen LogP contribution is -2.05. The van der Waals surface area contributed by atoms with Crippen LogP contribution in [0.1, 0.15) is 34.5 Å². The molecule has 6 heteroatoms. The Bertz CT molecular complexity index is 931. The van der Waals surface area contributed by atoms with Gasteiger partial charge in [0.05, 0.1) is 16.8 Å². The molecule has 1 aromatic carbocycles. The second-order valence-corrected chi connectivity index (χ2v) is 6.25. The summed E-state index contributed by atoms with van der Waals surface area (Å²) in [5.41, 5.74) is 2.35. The van der Waals surface area contributed by atoms with E-state index >= 15 is 0 Å². The number of pyridine rings is 1. The summed E-state index contributed by atoms with van der Waals surface area (Å²) < 4.78 is 15.6. The zero-order valence-electron chi connectivity index (χ0n) is 12.9. The summed E-state index contributed by atoms with van der Waals surface area (Å²) in [5.74, 6) is -0.682. The van der Waals surface area contributed by atoms with E-state index in [9.17, 15) is 14.3 Å². The lowest BCUT2D eigenvalue weighted by Gasteiger charge is -2.03. The number of hydrogen-bond donors (Lipinski definition) is 1. The summed E-state index contributed by atoms with van der Waals surface area (Å²) in [7, 11) is 0. The second-order valence-electron chi connectivity index (χ2n) is 6.25. The smallest absolute Gasteiger partial charge is 0.336 e. The van der Waals surface area contributed by atoms with E-state index in [1.165, 1.54) is 43.4 Å². The zero-order valence-corrected chi connectivity index (χ0v) is 12.9. The number of rotatable bonds is 5. The van der Waals surface area contributed by atoms with E-state index in [1.807, 2.05) is 4.68 Å². The fraction of sp³-hybridized carbons (Fsp3) is 0.278. The first-order valence-corrected chi connectivity index (χ1v) is 7.93. The van der Waals surface area contributed by atoms with Crippen molar-refractivity contribution in [2.75, 3.05) is 0 Å². The minimum absolute atomic E-state index is 0.200. The van der Waals surface area contributed by atoms with Gasteiger partial charge in [-0.3, -0.25) is 9.67 Å². The quantitative estimate of drug-likeness (QED) is 0.782. The molecule has 0 radical (unpaired) electrons. The van der Waals surface area contributed by atoms with Crippen LogP contribution >= 0.6 is 0 Å². The maximum Gasteiger partial charge on any atom is 0.336 e. The van der Waals surface area contributed by atoms with Crippen molar-refractivity contribution in [1.29, 1.82) is 0 Å². The Labute approximate surface area is 137 Å². The summed E-state index contributed by atoms with van der Waals surface area (Å²) in [6.45, 7) is 0.820. The monoisotopic (exact) mass is 325 g/mol. The average Bonchev–Trinajstić information content (AvgIpc) is 3.32. The molecule has 5 nitrogen and oxygen atoms in total.